The van der Waals surface area contributed by atoms with E-state index >= 15 is 0 Å². The molecule has 1 fully saturated rings. The number of benzene rings is 2. The molecule has 142 valence electrons. The molecule has 0 bridgehead atoms. The van der Waals surface area contributed by atoms with Gasteiger partial charge in [0.1, 0.15) is 0 Å². The third-order valence-corrected chi connectivity index (χ3v) is 6.34. The van der Waals surface area contributed by atoms with Crippen LogP contribution in [0.4, 0.5) is 0 Å². The Labute approximate surface area is 163 Å². The summed E-state index contributed by atoms with van der Waals surface area (Å²) < 4.78 is 12.3. The summed E-state index contributed by atoms with van der Waals surface area (Å²) in [5.41, 5.74) is 4.83. The Morgan fingerprint density at radius 1 is 0.889 bits per heavy atom. The monoisotopic (exact) mass is 363 g/mol. The van der Waals surface area contributed by atoms with Gasteiger partial charge < -0.3 is 9.31 Å². The standard InChI is InChI=1S/C23H30BNO2/c1-22(2)23(3,4)27-24(26-22)21-13-11-18(12-14-21)16-25-15-7-10-19-8-5-6-9-20(19)17-25/h5-6,8-9,11-14H,7,10,15-17H2,1-4H3. The molecule has 0 saturated carbocycles. The van der Waals surface area contributed by atoms with Gasteiger partial charge in [-0.2, -0.15) is 0 Å². The zero-order valence-electron chi connectivity index (χ0n) is 17.0. The molecule has 2 heterocycles. The maximum Gasteiger partial charge on any atom is 0.494 e. The highest BCUT2D eigenvalue weighted by Crippen LogP contribution is 2.36. The van der Waals surface area contributed by atoms with Crippen molar-refractivity contribution in [2.75, 3.05) is 6.54 Å². The van der Waals surface area contributed by atoms with Crippen LogP contribution in [0.5, 0.6) is 0 Å². The van der Waals surface area contributed by atoms with Crippen LogP contribution in [0.3, 0.4) is 0 Å². The summed E-state index contributed by atoms with van der Waals surface area (Å²) in [5.74, 6) is 0. The van der Waals surface area contributed by atoms with Crippen LogP contribution in [0, 0.1) is 0 Å². The third-order valence-electron chi connectivity index (χ3n) is 6.34. The second kappa shape index (κ2) is 7.08. The molecule has 2 aromatic rings. The quantitative estimate of drug-likeness (QED) is 0.772. The number of hydrogen-bond acceptors (Lipinski definition) is 3. The van der Waals surface area contributed by atoms with Gasteiger partial charge in [0.2, 0.25) is 0 Å². The Kier molecular flexibility index (Phi) is 4.92. The van der Waals surface area contributed by atoms with Crippen LogP contribution in [-0.4, -0.2) is 29.8 Å². The first-order chi connectivity index (χ1) is 12.8. The molecule has 4 rings (SSSR count). The molecule has 1 saturated heterocycles. The van der Waals surface area contributed by atoms with Gasteiger partial charge in [-0.15, -0.1) is 0 Å². The first-order valence-corrected chi connectivity index (χ1v) is 10.1. The van der Waals surface area contributed by atoms with Crippen molar-refractivity contribution in [1.29, 1.82) is 0 Å². The van der Waals surface area contributed by atoms with Gasteiger partial charge in [0, 0.05) is 13.1 Å². The van der Waals surface area contributed by atoms with Gasteiger partial charge in [0.15, 0.2) is 0 Å². The number of fused-ring (bicyclic) bond motifs is 1. The SMILES string of the molecule is CC1(C)OB(c2ccc(CN3CCCc4ccccc4C3)cc2)OC1(C)C. The maximum absolute atomic E-state index is 6.16. The van der Waals surface area contributed by atoms with E-state index in [0.717, 1.165) is 25.1 Å². The summed E-state index contributed by atoms with van der Waals surface area (Å²) in [4.78, 5) is 2.55. The molecule has 2 aliphatic heterocycles. The normalized spacial score (nSPS) is 21.7. The van der Waals surface area contributed by atoms with Crippen molar-refractivity contribution in [2.45, 2.75) is 64.8 Å². The molecule has 27 heavy (non-hydrogen) atoms. The number of nitrogens with zero attached hydrogens (tertiary/aromatic N) is 1. The van der Waals surface area contributed by atoms with Gasteiger partial charge in [0.25, 0.3) is 0 Å². The zero-order valence-corrected chi connectivity index (χ0v) is 17.0. The molecule has 0 aromatic heterocycles. The predicted molar refractivity (Wildman–Crippen MR) is 111 cm³/mol. The summed E-state index contributed by atoms with van der Waals surface area (Å²) in [7, 11) is -0.283. The van der Waals surface area contributed by atoms with Gasteiger partial charge in [-0.25, -0.2) is 0 Å². The van der Waals surface area contributed by atoms with Crippen molar-refractivity contribution in [2.24, 2.45) is 0 Å². The topological polar surface area (TPSA) is 21.7 Å². The molecule has 0 aliphatic carbocycles. The summed E-state index contributed by atoms with van der Waals surface area (Å²) in [6.45, 7) is 11.6. The van der Waals surface area contributed by atoms with Crippen LogP contribution in [0.25, 0.3) is 0 Å². The lowest BCUT2D eigenvalue weighted by atomic mass is 9.79. The highest BCUT2D eigenvalue weighted by Gasteiger charge is 2.51. The molecule has 2 aromatic carbocycles. The molecule has 2 aliphatic rings. The fourth-order valence-electron chi connectivity index (χ4n) is 3.92. The largest absolute Gasteiger partial charge is 0.494 e. The molecule has 3 nitrogen and oxygen atoms in total. The van der Waals surface area contributed by atoms with Gasteiger partial charge >= 0.3 is 7.12 Å². The van der Waals surface area contributed by atoms with Gasteiger partial charge in [-0.1, -0.05) is 48.5 Å². The van der Waals surface area contributed by atoms with Crippen molar-refractivity contribution in [1.82, 2.24) is 4.90 Å². The molecule has 0 spiro atoms. The van der Waals surface area contributed by atoms with Crippen LogP contribution in [0.1, 0.15) is 50.8 Å². The molecule has 0 N–H and O–H groups in total. The maximum atomic E-state index is 6.16. The molecule has 0 amide bonds. The van der Waals surface area contributed by atoms with Crippen LogP contribution >= 0.6 is 0 Å². The van der Waals surface area contributed by atoms with E-state index < -0.39 is 0 Å². The minimum absolute atomic E-state index is 0.283. The summed E-state index contributed by atoms with van der Waals surface area (Å²) in [5, 5.41) is 0. The van der Waals surface area contributed by atoms with Crippen molar-refractivity contribution >= 4 is 12.6 Å². The average Bonchev–Trinajstić information content (AvgIpc) is 2.76. The lowest BCUT2D eigenvalue weighted by Crippen LogP contribution is -2.41. The Balaban J connectivity index is 1.43. The molecule has 0 radical (unpaired) electrons. The fraction of sp³-hybridized carbons (Fsp3) is 0.478. The van der Waals surface area contributed by atoms with Crippen molar-refractivity contribution in [3.8, 4) is 0 Å². The summed E-state index contributed by atoms with van der Waals surface area (Å²) in [6.07, 6.45) is 2.41. The van der Waals surface area contributed by atoms with Gasteiger partial charge in [-0.3, -0.25) is 4.90 Å². The lowest BCUT2D eigenvalue weighted by molar-refractivity contribution is 0.00578. The Bertz CT molecular complexity index is 784. The van der Waals surface area contributed by atoms with E-state index in [1.165, 1.54) is 29.5 Å². The molecule has 4 heteroatoms. The minimum Gasteiger partial charge on any atom is -0.399 e. The number of hydrogen-bond donors (Lipinski definition) is 0. The Hall–Kier alpha value is -1.62. The average molecular weight is 363 g/mol. The van der Waals surface area contributed by atoms with Crippen LogP contribution in [0.2, 0.25) is 0 Å². The summed E-state index contributed by atoms with van der Waals surface area (Å²) >= 11 is 0. The Morgan fingerprint density at radius 2 is 1.52 bits per heavy atom. The van der Waals surface area contributed by atoms with Gasteiger partial charge in [0.05, 0.1) is 11.2 Å². The van der Waals surface area contributed by atoms with Crippen molar-refractivity contribution in [3.05, 3.63) is 65.2 Å². The first kappa shape index (κ1) is 18.7. The van der Waals surface area contributed by atoms with E-state index in [1.807, 2.05) is 0 Å². The van der Waals surface area contributed by atoms with E-state index in [0.29, 0.717) is 0 Å². The molecule has 0 unspecified atom stereocenters. The second-order valence-corrected chi connectivity index (χ2v) is 8.91. The number of aryl methyl sites for hydroxylation is 1. The molecular weight excluding hydrogens is 333 g/mol. The Morgan fingerprint density at radius 3 is 2.19 bits per heavy atom. The van der Waals surface area contributed by atoms with Crippen LogP contribution in [-0.2, 0) is 28.8 Å². The summed E-state index contributed by atoms with van der Waals surface area (Å²) in [6, 6.07) is 17.6. The van der Waals surface area contributed by atoms with Crippen LogP contribution in [0.15, 0.2) is 48.5 Å². The zero-order chi connectivity index (χ0) is 19.1. The van der Waals surface area contributed by atoms with Crippen LogP contribution < -0.4 is 5.46 Å². The lowest BCUT2D eigenvalue weighted by Gasteiger charge is -2.32. The van der Waals surface area contributed by atoms with E-state index in [1.54, 1.807) is 0 Å². The fourth-order valence-corrected chi connectivity index (χ4v) is 3.92. The second-order valence-electron chi connectivity index (χ2n) is 8.91. The highest BCUT2D eigenvalue weighted by atomic mass is 16.7. The van der Waals surface area contributed by atoms with Crippen molar-refractivity contribution in [3.63, 3.8) is 0 Å². The number of rotatable bonds is 3. The van der Waals surface area contributed by atoms with Gasteiger partial charge in [-0.05, 0) is 69.2 Å². The minimum atomic E-state index is -0.296. The highest BCUT2D eigenvalue weighted by molar-refractivity contribution is 6.62. The van der Waals surface area contributed by atoms with Crippen molar-refractivity contribution < 1.29 is 9.31 Å². The van der Waals surface area contributed by atoms with E-state index in [4.69, 9.17) is 9.31 Å². The predicted octanol–water partition coefficient (Wildman–Crippen LogP) is 3.93. The van der Waals surface area contributed by atoms with E-state index in [2.05, 4.69) is 81.1 Å². The van der Waals surface area contributed by atoms with E-state index in [-0.39, 0.29) is 18.3 Å². The smallest absolute Gasteiger partial charge is 0.399 e. The molecule has 0 atom stereocenters. The molecular formula is C23H30BNO2. The third kappa shape index (κ3) is 3.84. The first-order valence-electron chi connectivity index (χ1n) is 10.1. The van der Waals surface area contributed by atoms with E-state index in [9.17, 15) is 0 Å².